The third kappa shape index (κ3) is 939. The molecule has 0 heterocycles. The molecule has 0 atom stereocenters. The van der Waals surface area contributed by atoms with Gasteiger partial charge in [-0.05, 0) is 11.8 Å². The van der Waals surface area contributed by atoms with E-state index < -0.39 is 0 Å². The summed E-state index contributed by atoms with van der Waals surface area (Å²) in [7, 11) is 0. The van der Waals surface area contributed by atoms with E-state index in [1.54, 1.807) is 0 Å². The summed E-state index contributed by atoms with van der Waals surface area (Å²) in [6.07, 6.45) is 0. The molecule has 0 unspecified atom stereocenters. The second-order valence-electron chi connectivity index (χ2n) is 3.00. The summed E-state index contributed by atoms with van der Waals surface area (Å²) in [4.78, 5) is 0. The van der Waals surface area contributed by atoms with Gasteiger partial charge in [-0.3, -0.25) is 0 Å². The number of hydrogen-bond acceptors (Lipinski definition) is 0. The minimum atomic E-state index is 0. The average Bonchev–Trinajstić information content (AvgIpc) is 1.25. The second kappa shape index (κ2) is 11.4. The summed E-state index contributed by atoms with van der Waals surface area (Å²) in [6, 6.07) is 0. The molecule has 0 aliphatic carbocycles. The molecule has 0 fully saturated rings. The quantitative estimate of drug-likeness (QED) is 0.509. The Bertz CT molecular complexity index is 24.7. The Morgan fingerprint density at radius 2 is 0.667 bits per heavy atom. The fourth-order valence-electron chi connectivity index (χ4n) is 0. The van der Waals surface area contributed by atoms with Gasteiger partial charge in [-0.25, -0.2) is 0 Å². The van der Waals surface area contributed by atoms with Crippen molar-refractivity contribution in [2.24, 2.45) is 0 Å². The van der Waals surface area contributed by atoms with Crippen LogP contribution in [0.15, 0.2) is 0 Å². The summed E-state index contributed by atoms with van der Waals surface area (Å²) in [5.41, 5.74) is 0. The zero-order chi connectivity index (χ0) is 7.15. The van der Waals surface area contributed by atoms with Crippen LogP contribution in [0.4, 0.5) is 0 Å². The van der Waals surface area contributed by atoms with Gasteiger partial charge < -0.3 is 0 Å². The molecule has 9 heavy (non-hydrogen) atoms. The first-order valence-corrected chi connectivity index (χ1v) is 3.00. The SMILES string of the molecule is C[C](C)C.C[C](C)C.[Ga].[HH]. The smallest absolute Gasteiger partial charge is 0 e. The predicted molar refractivity (Wildman–Crippen MR) is 48.4 cm³/mol. The molecule has 0 N–H and O–H groups in total. The normalized spacial score (nSPS) is 8.00. The zero-order valence-electron chi connectivity index (χ0n) is 7.58. The molecule has 0 aromatic carbocycles. The van der Waals surface area contributed by atoms with E-state index in [1.165, 1.54) is 11.8 Å². The summed E-state index contributed by atoms with van der Waals surface area (Å²) >= 11 is 0. The Balaban J connectivity index is -0.0000000300. The molecule has 0 saturated heterocycles. The molecule has 0 nitrogen and oxygen atoms in total. The van der Waals surface area contributed by atoms with E-state index in [0.717, 1.165) is 0 Å². The maximum absolute atomic E-state index is 2.08. The Kier molecular flexibility index (Phi) is 20.7. The summed E-state index contributed by atoms with van der Waals surface area (Å²) in [5.74, 6) is 2.83. The van der Waals surface area contributed by atoms with Crippen molar-refractivity contribution in [2.45, 2.75) is 41.5 Å². The molecule has 55 valence electrons. The van der Waals surface area contributed by atoms with E-state index in [-0.39, 0.29) is 21.2 Å². The molecule has 0 rings (SSSR count). The van der Waals surface area contributed by atoms with E-state index >= 15 is 0 Å². The van der Waals surface area contributed by atoms with Crippen molar-refractivity contribution in [1.82, 2.24) is 0 Å². The minimum absolute atomic E-state index is 0. The third-order valence-corrected chi connectivity index (χ3v) is 0. The van der Waals surface area contributed by atoms with Crippen molar-refractivity contribution in [2.75, 3.05) is 0 Å². The van der Waals surface area contributed by atoms with Crippen LogP contribution in [0, 0.1) is 11.8 Å². The van der Waals surface area contributed by atoms with E-state index in [0.29, 0.717) is 0 Å². The van der Waals surface area contributed by atoms with Crippen molar-refractivity contribution < 1.29 is 1.43 Å². The second-order valence-corrected chi connectivity index (χ2v) is 3.00. The molecular weight excluding hydrogens is 166 g/mol. The predicted octanol–water partition coefficient (Wildman–Crippen LogP) is 3.11. The average molecular weight is 186 g/mol. The maximum Gasteiger partial charge on any atom is 0 e. The Morgan fingerprint density at radius 1 is 0.667 bits per heavy atom. The van der Waals surface area contributed by atoms with E-state index in [1.807, 2.05) is 0 Å². The maximum atomic E-state index is 2.08. The van der Waals surface area contributed by atoms with Gasteiger partial charge in [0.05, 0.1) is 0 Å². The van der Waals surface area contributed by atoms with Gasteiger partial charge in [-0.15, -0.1) is 0 Å². The monoisotopic (exact) mass is 185 g/mol. The van der Waals surface area contributed by atoms with Crippen molar-refractivity contribution in [3.8, 4) is 0 Å². The number of rotatable bonds is 0. The molecule has 5 radical (unpaired) electrons. The van der Waals surface area contributed by atoms with E-state index in [4.69, 9.17) is 0 Å². The van der Waals surface area contributed by atoms with Gasteiger partial charge in [-0.1, -0.05) is 41.5 Å². The first kappa shape index (κ1) is 16.3. The van der Waals surface area contributed by atoms with Crippen molar-refractivity contribution in [3.05, 3.63) is 11.8 Å². The third-order valence-electron chi connectivity index (χ3n) is 0. The molecular formula is C8H20Ga. The molecule has 0 amide bonds. The van der Waals surface area contributed by atoms with Gasteiger partial charge in [0.15, 0.2) is 0 Å². The molecule has 0 bridgehead atoms. The van der Waals surface area contributed by atoms with Crippen LogP contribution >= 0.6 is 0 Å². The van der Waals surface area contributed by atoms with Crippen molar-refractivity contribution in [3.63, 3.8) is 0 Å². The standard InChI is InChI=1S/2C4H9.Ga.H2/c2*1-4(2)3;;/h2*1-3H3;;1H. The van der Waals surface area contributed by atoms with Crippen LogP contribution in [0.1, 0.15) is 43.0 Å². The molecule has 0 saturated carbocycles. The zero-order valence-corrected chi connectivity index (χ0v) is 10.0. The molecule has 1 heteroatoms. The van der Waals surface area contributed by atoms with Gasteiger partial charge in [-0.2, -0.15) is 0 Å². The molecule has 0 aromatic heterocycles. The topological polar surface area (TPSA) is 0 Å². The van der Waals surface area contributed by atoms with Gasteiger partial charge in [0.1, 0.15) is 0 Å². The Morgan fingerprint density at radius 3 is 0.667 bits per heavy atom. The Labute approximate surface area is 75.0 Å². The van der Waals surface area contributed by atoms with Crippen LogP contribution in [-0.2, 0) is 0 Å². The van der Waals surface area contributed by atoms with Gasteiger partial charge in [0, 0.05) is 21.2 Å². The van der Waals surface area contributed by atoms with E-state index in [2.05, 4.69) is 41.5 Å². The minimum Gasteiger partial charge on any atom is -0.0597 e. The van der Waals surface area contributed by atoms with Crippen LogP contribution in [0.25, 0.3) is 0 Å². The summed E-state index contributed by atoms with van der Waals surface area (Å²) in [6.45, 7) is 12.5. The van der Waals surface area contributed by atoms with Gasteiger partial charge in [0.25, 0.3) is 0 Å². The molecule has 0 aromatic rings. The first-order valence-electron chi connectivity index (χ1n) is 3.00. The Hall–Kier alpha value is 0.636. The van der Waals surface area contributed by atoms with Crippen LogP contribution in [-0.4, -0.2) is 19.8 Å². The van der Waals surface area contributed by atoms with Crippen LogP contribution in [0.3, 0.4) is 0 Å². The summed E-state index contributed by atoms with van der Waals surface area (Å²) in [5, 5.41) is 0. The van der Waals surface area contributed by atoms with Crippen LogP contribution in [0.2, 0.25) is 0 Å². The van der Waals surface area contributed by atoms with Crippen LogP contribution in [0.5, 0.6) is 0 Å². The van der Waals surface area contributed by atoms with Crippen molar-refractivity contribution >= 4 is 19.8 Å². The molecule has 0 aliphatic rings. The van der Waals surface area contributed by atoms with Crippen molar-refractivity contribution in [1.29, 1.82) is 0 Å². The molecule has 0 aliphatic heterocycles. The first-order chi connectivity index (χ1) is 3.46. The van der Waals surface area contributed by atoms with Gasteiger partial charge in [0.2, 0.25) is 0 Å². The fourth-order valence-corrected chi connectivity index (χ4v) is 0. The molecule has 0 spiro atoms. The summed E-state index contributed by atoms with van der Waals surface area (Å²) < 4.78 is 0. The van der Waals surface area contributed by atoms with Gasteiger partial charge >= 0.3 is 0 Å². The largest absolute Gasteiger partial charge is 0.0597 e. The number of hydrogen-bond donors (Lipinski definition) is 0. The van der Waals surface area contributed by atoms with Crippen LogP contribution < -0.4 is 0 Å². The fraction of sp³-hybridized carbons (Fsp3) is 0.750. The van der Waals surface area contributed by atoms with E-state index in [9.17, 15) is 0 Å².